The minimum atomic E-state index is -0.685. The molecule has 0 aliphatic heterocycles. The molecule has 0 heterocycles. The van der Waals surface area contributed by atoms with Crippen molar-refractivity contribution in [2.75, 3.05) is 6.61 Å². The number of rotatable bonds is 5. The zero-order valence-electron chi connectivity index (χ0n) is 9.88. The van der Waals surface area contributed by atoms with Crippen LogP contribution in [0.25, 0.3) is 0 Å². The summed E-state index contributed by atoms with van der Waals surface area (Å²) in [5.41, 5.74) is -0.351. The Bertz CT molecular complexity index is 466. The third kappa shape index (κ3) is 3.69. The van der Waals surface area contributed by atoms with E-state index in [1.807, 2.05) is 0 Å². The summed E-state index contributed by atoms with van der Waals surface area (Å²) in [6, 6.07) is 3.24. The van der Waals surface area contributed by atoms with Gasteiger partial charge < -0.3 is 4.74 Å². The Morgan fingerprint density at radius 1 is 1.61 bits per heavy atom. The lowest BCUT2D eigenvalue weighted by Crippen LogP contribution is -2.16. The first-order chi connectivity index (χ1) is 8.45. The number of carbonyl (C=O) groups is 1. The normalized spacial score (nSPS) is 11.9. The first-order valence-corrected chi connectivity index (χ1v) is 6.11. The number of nitro groups is 1. The minimum absolute atomic E-state index is 0.238. The van der Waals surface area contributed by atoms with Crippen LogP contribution in [-0.2, 0) is 9.53 Å². The van der Waals surface area contributed by atoms with E-state index in [2.05, 4.69) is 0 Å². The van der Waals surface area contributed by atoms with E-state index in [0.717, 1.165) is 23.9 Å². The number of nitrogens with zero attached hydrogens (tertiary/aromatic N) is 1. The second kappa shape index (κ2) is 6.34. The van der Waals surface area contributed by atoms with E-state index in [9.17, 15) is 19.3 Å². The van der Waals surface area contributed by atoms with Crippen molar-refractivity contribution in [2.24, 2.45) is 0 Å². The maximum Gasteiger partial charge on any atom is 0.319 e. The third-order valence-electron chi connectivity index (χ3n) is 2.04. The van der Waals surface area contributed by atoms with Gasteiger partial charge in [0.1, 0.15) is 11.1 Å². The van der Waals surface area contributed by atoms with Crippen LogP contribution in [0.5, 0.6) is 0 Å². The molecule has 0 bridgehead atoms. The lowest BCUT2D eigenvalue weighted by atomic mass is 10.3. The average molecular weight is 273 g/mol. The topological polar surface area (TPSA) is 69.4 Å². The fraction of sp³-hybridized carbons (Fsp3) is 0.364. The maximum atomic E-state index is 12.9. The summed E-state index contributed by atoms with van der Waals surface area (Å²) >= 11 is 0.972. The molecular weight excluding hydrogens is 261 g/mol. The number of halogens is 1. The lowest BCUT2D eigenvalue weighted by molar-refractivity contribution is -0.387. The number of thioether (sulfide) groups is 1. The highest BCUT2D eigenvalue weighted by atomic mass is 32.2. The van der Waals surface area contributed by atoms with E-state index in [0.29, 0.717) is 0 Å². The van der Waals surface area contributed by atoms with Crippen molar-refractivity contribution in [2.45, 2.75) is 24.0 Å². The van der Waals surface area contributed by atoms with Gasteiger partial charge in [0.15, 0.2) is 0 Å². The van der Waals surface area contributed by atoms with Gasteiger partial charge >= 0.3 is 5.97 Å². The van der Waals surface area contributed by atoms with Gasteiger partial charge in [-0.15, -0.1) is 11.8 Å². The molecular formula is C11H12FNO4S. The molecule has 0 fully saturated rings. The van der Waals surface area contributed by atoms with Crippen LogP contribution >= 0.6 is 11.8 Å². The number of hydrogen-bond donors (Lipinski definition) is 0. The van der Waals surface area contributed by atoms with E-state index in [1.54, 1.807) is 13.8 Å². The van der Waals surface area contributed by atoms with E-state index < -0.39 is 22.0 Å². The molecule has 7 heteroatoms. The molecule has 0 spiro atoms. The monoisotopic (exact) mass is 273 g/mol. The number of carbonyl (C=O) groups excluding carboxylic acids is 1. The number of ether oxygens (including phenoxy) is 1. The molecule has 1 rings (SSSR count). The van der Waals surface area contributed by atoms with Crippen molar-refractivity contribution in [1.82, 2.24) is 0 Å². The molecule has 1 aromatic rings. The number of nitro benzene ring substituents is 1. The van der Waals surface area contributed by atoms with Crippen LogP contribution in [0.15, 0.2) is 23.1 Å². The van der Waals surface area contributed by atoms with Crippen molar-refractivity contribution in [3.05, 3.63) is 34.1 Å². The molecule has 1 atom stereocenters. The van der Waals surface area contributed by atoms with E-state index >= 15 is 0 Å². The minimum Gasteiger partial charge on any atom is -0.465 e. The molecule has 0 aromatic heterocycles. The SMILES string of the molecule is CCOC(=O)C(C)Sc1ccc(F)cc1[N+](=O)[O-]. The Morgan fingerprint density at radius 3 is 2.83 bits per heavy atom. The van der Waals surface area contributed by atoms with Crippen LogP contribution in [0, 0.1) is 15.9 Å². The second-order valence-corrected chi connectivity index (χ2v) is 4.76. The van der Waals surface area contributed by atoms with Crippen molar-refractivity contribution >= 4 is 23.4 Å². The van der Waals surface area contributed by atoms with E-state index in [1.165, 1.54) is 6.07 Å². The quantitative estimate of drug-likeness (QED) is 0.357. The maximum absolute atomic E-state index is 12.9. The van der Waals surface area contributed by atoms with Gasteiger partial charge in [-0.05, 0) is 26.0 Å². The predicted octanol–water partition coefficient (Wildman–Crippen LogP) is 2.78. The molecule has 98 valence electrons. The zero-order valence-corrected chi connectivity index (χ0v) is 10.7. The standard InChI is InChI=1S/C11H12FNO4S/c1-3-17-11(14)7(2)18-10-5-4-8(12)6-9(10)13(15)16/h4-7H,3H2,1-2H3. The summed E-state index contributed by atoms with van der Waals surface area (Å²) in [5.74, 6) is -1.14. The average Bonchev–Trinajstić information content (AvgIpc) is 2.31. The number of benzene rings is 1. The molecule has 1 unspecified atom stereocenters. The van der Waals surface area contributed by atoms with Crippen LogP contribution in [0.4, 0.5) is 10.1 Å². The molecule has 0 aliphatic rings. The van der Waals surface area contributed by atoms with E-state index in [-0.39, 0.29) is 17.2 Å². The summed E-state index contributed by atoms with van der Waals surface area (Å²) < 4.78 is 17.7. The highest BCUT2D eigenvalue weighted by Gasteiger charge is 2.22. The molecule has 18 heavy (non-hydrogen) atoms. The summed E-state index contributed by atoms with van der Waals surface area (Å²) in [7, 11) is 0. The number of esters is 1. The van der Waals surface area contributed by atoms with Gasteiger partial charge in [0.25, 0.3) is 5.69 Å². The second-order valence-electron chi connectivity index (χ2n) is 3.38. The van der Waals surface area contributed by atoms with Gasteiger partial charge in [-0.2, -0.15) is 0 Å². The zero-order chi connectivity index (χ0) is 13.7. The number of hydrogen-bond acceptors (Lipinski definition) is 5. The van der Waals surface area contributed by atoms with Gasteiger partial charge in [-0.25, -0.2) is 4.39 Å². The van der Waals surface area contributed by atoms with E-state index in [4.69, 9.17) is 4.74 Å². The largest absolute Gasteiger partial charge is 0.465 e. The summed E-state index contributed by atoms with van der Waals surface area (Å²) in [6.07, 6.45) is 0. The van der Waals surface area contributed by atoms with Crippen molar-refractivity contribution < 1.29 is 18.8 Å². The molecule has 0 saturated carbocycles. The van der Waals surface area contributed by atoms with Crippen LogP contribution in [0.2, 0.25) is 0 Å². The Kier molecular flexibility index (Phi) is 5.08. The molecule has 1 aromatic carbocycles. The molecule has 5 nitrogen and oxygen atoms in total. The van der Waals surface area contributed by atoms with Crippen molar-refractivity contribution in [3.8, 4) is 0 Å². The molecule has 0 saturated heterocycles. The third-order valence-corrected chi connectivity index (χ3v) is 3.19. The predicted molar refractivity (Wildman–Crippen MR) is 65.0 cm³/mol. The lowest BCUT2D eigenvalue weighted by Gasteiger charge is -2.10. The fourth-order valence-corrected chi connectivity index (χ4v) is 2.18. The van der Waals surface area contributed by atoms with Crippen LogP contribution in [-0.4, -0.2) is 22.7 Å². The van der Waals surface area contributed by atoms with Gasteiger partial charge in [-0.1, -0.05) is 0 Å². The van der Waals surface area contributed by atoms with Gasteiger partial charge in [0, 0.05) is 0 Å². The molecule has 0 N–H and O–H groups in total. The summed E-state index contributed by atoms with van der Waals surface area (Å²) in [6.45, 7) is 3.50. The van der Waals surface area contributed by atoms with Gasteiger partial charge in [0.2, 0.25) is 0 Å². The van der Waals surface area contributed by atoms with Crippen molar-refractivity contribution in [3.63, 3.8) is 0 Å². The van der Waals surface area contributed by atoms with Gasteiger partial charge in [-0.3, -0.25) is 14.9 Å². The van der Waals surface area contributed by atoms with Crippen molar-refractivity contribution in [1.29, 1.82) is 0 Å². The first kappa shape index (κ1) is 14.4. The van der Waals surface area contributed by atoms with Crippen LogP contribution in [0.3, 0.4) is 0 Å². The summed E-state index contributed by atoms with van der Waals surface area (Å²) in [4.78, 5) is 21.7. The van der Waals surface area contributed by atoms with Crippen LogP contribution < -0.4 is 0 Å². The Morgan fingerprint density at radius 2 is 2.28 bits per heavy atom. The highest BCUT2D eigenvalue weighted by Crippen LogP contribution is 2.32. The Balaban J connectivity index is 2.90. The van der Waals surface area contributed by atoms with Crippen LogP contribution in [0.1, 0.15) is 13.8 Å². The molecule has 0 radical (unpaired) electrons. The molecule has 0 amide bonds. The first-order valence-electron chi connectivity index (χ1n) is 5.23. The Labute approximate surface area is 107 Å². The fourth-order valence-electron chi connectivity index (χ4n) is 1.23. The Hall–Kier alpha value is -1.63. The summed E-state index contributed by atoms with van der Waals surface area (Å²) in [5, 5.41) is 10.2. The molecule has 0 aliphatic carbocycles. The highest BCUT2D eigenvalue weighted by molar-refractivity contribution is 8.00. The smallest absolute Gasteiger partial charge is 0.319 e. The van der Waals surface area contributed by atoms with Gasteiger partial charge in [0.05, 0.1) is 22.5 Å².